The molecule has 1 aromatic heterocycles. The number of rotatable bonds is 5. The van der Waals surface area contributed by atoms with E-state index in [-0.39, 0.29) is 4.99 Å². The topological polar surface area (TPSA) is 57.4 Å². The fourth-order valence-electron chi connectivity index (χ4n) is 0.927. The predicted octanol–water partition coefficient (Wildman–Crippen LogP) is 0.741. The van der Waals surface area contributed by atoms with E-state index in [9.17, 15) is 0 Å². The van der Waals surface area contributed by atoms with E-state index in [0.717, 1.165) is 0 Å². The number of ether oxygens (including phenoxy) is 2. The van der Waals surface area contributed by atoms with E-state index in [1.807, 2.05) is 0 Å². The van der Waals surface area contributed by atoms with Crippen molar-refractivity contribution in [1.29, 1.82) is 0 Å². The van der Waals surface area contributed by atoms with Gasteiger partial charge in [-0.05, 0) is 12.1 Å². The average molecular weight is 212 g/mol. The van der Waals surface area contributed by atoms with Crippen molar-refractivity contribution >= 4 is 17.2 Å². The van der Waals surface area contributed by atoms with Crippen molar-refractivity contribution in [2.24, 2.45) is 5.73 Å². The molecule has 0 aliphatic carbocycles. The average Bonchev–Trinajstić information content (AvgIpc) is 2.19. The molecule has 0 spiro atoms. The third-order valence-corrected chi connectivity index (χ3v) is 1.74. The zero-order valence-corrected chi connectivity index (χ0v) is 8.71. The van der Waals surface area contributed by atoms with Crippen LogP contribution in [0.25, 0.3) is 0 Å². The molecule has 0 bridgehead atoms. The first-order valence-electron chi connectivity index (χ1n) is 4.12. The maximum atomic E-state index is 5.48. The van der Waals surface area contributed by atoms with E-state index in [4.69, 9.17) is 27.4 Å². The van der Waals surface area contributed by atoms with Crippen molar-refractivity contribution in [3.05, 3.63) is 24.0 Å². The van der Waals surface area contributed by atoms with Crippen LogP contribution >= 0.6 is 12.2 Å². The number of nitrogens with zero attached hydrogens (tertiary/aromatic N) is 1. The monoisotopic (exact) mass is 212 g/mol. The zero-order chi connectivity index (χ0) is 10.4. The lowest BCUT2D eigenvalue weighted by molar-refractivity contribution is 0.146. The Bertz CT molecular complexity index is 317. The molecule has 14 heavy (non-hydrogen) atoms. The van der Waals surface area contributed by atoms with E-state index in [1.165, 1.54) is 0 Å². The van der Waals surface area contributed by atoms with Crippen molar-refractivity contribution in [2.75, 3.05) is 20.3 Å². The Morgan fingerprint density at radius 3 is 3.00 bits per heavy atom. The Morgan fingerprint density at radius 2 is 2.36 bits per heavy atom. The highest BCUT2D eigenvalue weighted by Gasteiger charge is 2.06. The second-order valence-electron chi connectivity index (χ2n) is 2.56. The van der Waals surface area contributed by atoms with Crippen molar-refractivity contribution in [3.8, 4) is 5.75 Å². The maximum absolute atomic E-state index is 5.48. The predicted molar refractivity (Wildman–Crippen MR) is 57.5 cm³/mol. The number of aromatic nitrogens is 1. The van der Waals surface area contributed by atoms with Crippen molar-refractivity contribution < 1.29 is 9.47 Å². The molecule has 1 aromatic rings. The van der Waals surface area contributed by atoms with Gasteiger partial charge in [-0.3, -0.25) is 0 Å². The lowest BCUT2D eigenvalue weighted by Gasteiger charge is -2.08. The fourth-order valence-corrected chi connectivity index (χ4v) is 1.08. The molecule has 5 heteroatoms. The minimum Gasteiger partial charge on any atom is -0.489 e. The summed E-state index contributed by atoms with van der Waals surface area (Å²) >= 11 is 4.83. The van der Waals surface area contributed by atoms with Gasteiger partial charge in [0.1, 0.15) is 23.0 Å². The highest BCUT2D eigenvalue weighted by Crippen LogP contribution is 2.14. The number of nitrogens with two attached hydrogens (primary N) is 1. The molecule has 1 rings (SSSR count). The molecule has 0 atom stereocenters. The normalized spacial score (nSPS) is 9.79. The van der Waals surface area contributed by atoms with Gasteiger partial charge in [-0.15, -0.1) is 0 Å². The summed E-state index contributed by atoms with van der Waals surface area (Å²) in [5.74, 6) is 0.594. The second-order valence-corrected chi connectivity index (χ2v) is 3.00. The van der Waals surface area contributed by atoms with Crippen LogP contribution in [0.5, 0.6) is 5.75 Å². The number of pyridine rings is 1. The summed E-state index contributed by atoms with van der Waals surface area (Å²) in [5.41, 5.74) is 5.99. The van der Waals surface area contributed by atoms with Gasteiger partial charge in [0, 0.05) is 13.3 Å². The summed E-state index contributed by atoms with van der Waals surface area (Å²) in [6, 6.07) is 3.54. The third-order valence-electron chi connectivity index (χ3n) is 1.55. The molecule has 0 amide bonds. The zero-order valence-electron chi connectivity index (χ0n) is 7.90. The van der Waals surface area contributed by atoms with E-state index < -0.39 is 0 Å². The molecule has 1 heterocycles. The second kappa shape index (κ2) is 5.51. The molecule has 4 nitrogen and oxygen atoms in total. The van der Waals surface area contributed by atoms with Gasteiger partial charge in [0.15, 0.2) is 0 Å². The largest absolute Gasteiger partial charge is 0.489 e. The van der Waals surface area contributed by atoms with E-state index >= 15 is 0 Å². The molecule has 0 radical (unpaired) electrons. The Labute approximate surface area is 88.0 Å². The highest BCUT2D eigenvalue weighted by molar-refractivity contribution is 7.80. The van der Waals surface area contributed by atoms with E-state index in [2.05, 4.69) is 4.98 Å². The molecule has 76 valence electrons. The number of methoxy groups -OCH3 is 1. The van der Waals surface area contributed by atoms with Gasteiger partial charge in [-0.2, -0.15) is 0 Å². The minimum atomic E-state index is 0.234. The van der Waals surface area contributed by atoms with Crippen molar-refractivity contribution in [1.82, 2.24) is 4.98 Å². The lowest BCUT2D eigenvalue weighted by Crippen LogP contribution is -2.15. The number of hydrogen-bond donors (Lipinski definition) is 1. The lowest BCUT2D eigenvalue weighted by atomic mass is 10.3. The summed E-state index contributed by atoms with van der Waals surface area (Å²) in [6.45, 7) is 0.976. The SMILES string of the molecule is COCCOc1cccnc1C(N)=S. The van der Waals surface area contributed by atoms with Crippen molar-refractivity contribution in [3.63, 3.8) is 0 Å². The van der Waals surface area contributed by atoms with Crippen LogP contribution in [0.15, 0.2) is 18.3 Å². The smallest absolute Gasteiger partial charge is 0.148 e. The Hall–Kier alpha value is -1.20. The van der Waals surface area contributed by atoms with Crippen LogP contribution in [0.1, 0.15) is 5.69 Å². The molecular formula is C9H12N2O2S. The number of hydrogen-bond acceptors (Lipinski definition) is 4. The van der Waals surface area contributed by atoms with Crippen LogP contribution < -0.4 is 10.5 Å². The van der Waals surface area contributed by atoms with Gasteiger partial charge in [-0.25, -0.2) is 4.98 Å². The summed E-state index contributed by atoms with van der Waals surface area (Å²) in [6.07, 6.45) is 1.62. The van der Waals surface area contributed by atoms with Crippen LogP contribution in [0, 0.1) is 0 Å². The van der Waals surface area contributed by atoms with Gasteiger partial charge in [0.2, 0.25) is 0 Å². The van der Waals surface area contributed by atoms with E-state index in [1.54, 1.807) is 25.4 Å². The maximum Gasteiger partial charge on any atom is 0.148 e. The first-order valence-corrected chi connectivity index (χ1v) is 4.53. The molecule has 0 aliphatic rings. The first kappa shape index (κ1) is 10.9. The van der Waals surface area contributed by atoms with Gasteiger partial charge < -0.3 is 15.2 Å². The Balaban J connectivity index is 2.69. The Kier molecular flexibility index (Phi) is 4.28. The first-order chi connectivity index (χ1) is 6.75. The van der Waals surface area contributed by atoms with Gasteiger partial charge in [0.25, 0.3) is 0 Å². The standard InChI is InChI=1S/C9H12N2O2S/c1-12-5-6-13-7-3-2-4-11-8(7)9(10)14/h2-4H,5-6H2,1H3,(H2,10,14). The van der Waals surface area contributed by atoms with Crippen LogP contribution in [0.4, 0.5) is 0 Å². The molecule has 0 saturated heterocycles. The molecule has 0 saturated carbocycles. The van der Waals surface area contributed by atoms with Gasteiger partial charge in [-0.1, -0.05) is 12.2 Å². The van der Waals surface area contributed by atoms with Gasteiger partial charge >= 0.3 is 0 Å². The van der Waals surface area contributed by atoms with Crippen LogP contribution in [-0.4, -0.2) is 30.3 Å². The van der Waals surface area contributed by atoms with Crippen molar-refractivity contribution in [2.45, 2.75) is 0 Å². The molecule has 0 fully saturated rings. The summed E-state index contributed by atoms with van der Waals surface area (Å²) in [7, 11) is 1.61. The van der Waals surface area contributed by atoms with Crippen LogP contribution in [-0.2, 0) is 4.74 Å². The fraction of sp³-hybridized carbons (Fsp3) is 0.333. The summed E-state index contributed by atoms with van der Waals surface area (Å²) in [5, 5.41) is 0. The number of thiocarbonyl (C=S) groups is 1. The summed E-state index contributed by atoms with van der Waals surface area (Å²) < 4.78 is 10.2. The highest BCUT2D eigenvalue weighted by atomic mass is 32.1. The molecule has 2 N–H and O–H groups in total. The Morgan fingerprint density at radius 1 is 1.57 bits per heavy atom. The molecule has 0 aliphatic heterocycles. The van der Waals surface area contributed by atoms with Crippen LogP contribution in [0.3, 0.4) is 0 Å². The van der Waals surface area contributed by atoms with Gasteiger partial charge in [0.05, 0.1) is 6.61 Å². The summed E-state index contributed by atoms with van der Waals surface area (Å²) in [4.78, 5) is 4.26. The quantitative estimate of drug-likeness (QED) is 0.576. The molecule has 0 aromatic carbocycles. The van der Waals surface area contributed by atoms with E-state index in [0.29, 0.717) is 24.7 Å². The van der Waals surface area contributed by atoms with Crippen LogP contribution in [0.2, 0.25) is 0 Å². The third kappa shape index (κ3) is 2.93. The molecule has 0 unspecified atom stereocenters. The minimum absolute atomic E-state index is 0.234. The molecular weight excluding hydrogens is 200 g/mol.